The van der Waals surface area contributed by atoms with Gasteiger partial charge in [0.15, 0.2) is 0 Å². The van der Waals surface area contributed by atoms with Gasteiger partial charge >= 0.3 is 46.2 Å². The van der Waals surface area contributed by atoms with Crippen molar-refractivity contribution < 1.29 is 28.7 Å². The van der Waals surface area contributed by atoms with E-state index in [1.165, 1.54) is 0 Å². The Hall–Kier alpha value is 1.21. The van der Waals surface area contributed by atoms with E-state index in [1.807, 2.05) is 0 Å². The molecule has 0 amide bonds. The molecule has 22 valence electrons. The Morgan fingerprint density at radius 2 is 1.25 bits per heavy atom. The van der Waals surface area contributed by atoms with Crippen molar-refractivity contribution in [1.82, 2.24) is 0 Å². The second-order valence-corrected chi connectivity index (χ2v) is 0. The molecule has 0 saturated heterocycles. The average molecular weight is 242 g/mol. The molecular formula is H2MgO2W. The summed E-state index contributed by atoms with van der Waals surface area (Å²) in [5.74, 6) is 0. The molecule has 0 heterocycles. The van der Waals surface area contributed by atoms with E-state index in [2.05, 4.69) is 0 Å². The molecule has 4 heteroatoms. The van der Waals surface area contributed by atoms with Crippen molar-refractivity contribution in [3.8, 4) is 0 Å². The van der Waals surface area contributed by atoms with Crippen molar-refractivity contribution in [3.05, 3.63) is 0 Å². The van der Waals surface area contributed by atoms with Crippen LogP contribution in [0.5, 0.6) is 0 Å². The molecule has 0 bridgehead atoms. The molecule has 2 nitrogen and oxygen atoms in total. The summed E-state index contributed by atoms with van der Waals surface area (Å²) >= 11 is 0.333. The molecular weight excluding hydrogens is 240 g/mol. The van der Waals surface area contributed by atoms with Crippen molar-refractivity contribution in [2.75, 3.05) is 0 Å². The van der Waals surface area contributed by atoms with Gasteiger partial charge in [-0.3, -0.25) is 0 Å². The first-order chi connectivity index (χ1) is 1.00. The van der Waals surface area contributed by atoms with Crippen LogP contribution in [0.4, 0.5) is 0 Å². The van der Waals surface area contributed by atoms with Crippen LogP contribution in [0, 0.1) is 0 Å². The summed E-state index contributed by atoms with van der Waals surface area (Å²) in [7, 11) is 0. The summed E-state index contributed by atoms with van der Waals surface area (Å²) in [4.78, 5) is 0. The summed E-state index contributed by atoms with van der Waals surface area (Å²) in [6.45, 7) is 0. The predicted octanol–water partition coefficient (Wildman–Crippen LogP) is -0.947. The molecule has 0 aromatic rings. The SMILES string of the molecule is [MgH+].[OH-].[O]=[W]. The van der Waals surface area contributed by atoms with Gasteiger partial charge in [-0.1, -0.05) is 0 Å². The van der Waals surface area contributed by atoms with Crippen LogP contribution < -0.4 is 0 Å². The predicted molar refractivity (Wildman–Crippen MR) is 9.77 cm³/mol. The number of rotatable bonds is 0. The summed E-state index contributed by atoms with van der Waals surface area (Å²) in [6.07, 6.45) is 0. The van der Waals surface area contributed by atoms with Crippen LogP contribution in [0.2, 0.25) is 0 Å². The van der Waals surface area contributed by atoms with Crippen LogP contribution in [-0.4, -0.2) is 28.5 Å². The molecule has 0 aliphatic rings. The monoisotopic (exact) mass is 242 g/mol. The Morgan fingerprint density at radius 1 is 1.25 bits per heavy atom. The van der Waals surface area contributed by atoms with Gasteiger partial charge in [-0.15, -0.1) is 0 Å². The molecule has 0 radical (unpaired) electrons. The molecule has 0 aromatic carbocycles. The Labute approximate surface area is 51.6 Å². The van der Waals surface area contributed by atoms with Crippen molar-refractivity contribution in [2.45, 2.75) is 0 Å². The zero-order valence-electron chi connectivity index (χ0n) is 2.26. The third kappa shape index (κ3) is 10.7. The van der Waals surface area contributed by atoms with Crippen LogP contribution in [0.3, 0.4) is 0 Å². The molecule has 1 N–H and O–H groups in total. The fourth-order valence-electron chi connectivity index (χ4n) is 0. The van der Waals surface area contributed by atoms with Gasteiger partial charge in [0.25, 0.3) is 0 Å². The minimum atomic E-state index is 0. The zero-order chi connectivity index (χ0) is 2.00. The van der Waals surface area contributed by atoms with E-state index < -0.39 is 0 Å². The summed E-state index contributed by atoms with van der Waals surface area (Å²) < 4.78 is 8.33. The Balaban J connectivity index is -0.00000000500. The zero-order valence-corrected chi connectivity index (χ0v) is 7.20. The average Bonchev–Trinajstić information content (AvgIpc) is 1.00. The van der Waals surface area contributed by atoms with E-state index in [1.54, 1.807) is 0 Å². The molecule has 4 heavy (non-hydrogen) atoms. The van der Waals surface area contributed by atoms with E-state index in [0.29, 0.717) is 19.8 Å². The van der Waals surface area contributed by atoms with Gasteiger partial charge in [0.05, 0.1) is 0 Å². The second kappa shape index (κ2) is 29.5. The Bertz CT molecular complexity index is 6.00. The number of hydrogen-bond donors (Lipinski definition) is 0. The molecule has 0 rings (SSSR count). The third-order valence-electron chi connectivity index (χ3n) is 0. The van der Waals surface area contributed by atoms with Crippen molar-refractivity contribution in [3.63, 3.8) is 0 Å². The molecule has 0 unspecified atom stereocenters. The Kier molecular flexibility index (Phi) is 139. The minimum absolute atomic E-state index is 0. The first kappa shape index (κ1) is 18.9. The van der Waals surface area contributed by atoms with E-state index >= 15 is 0 Å². The van der Waals surface area contributed by atoms with E-state index in [0.717, 1.165) is 0 Å². The molecule has 0 aliphatic heterocycles. The number of hydrogen-bond acceptors (Lipinski definition) is 2. The van der Waals surface area contributed by atoms with Gasteiger partial charge in [-0.2, -0.15) is 0 Å². The van der Waals surface area contributed by atoms with Crippen molar-refractivity contribution >= 4 is 23.1 Å². The van der Waals surface area contributed by atoms with E-state index in [4.69, 9.17) is 3.40 Å². The topological polar surface area (TPSA) is 47.1 Å². The summed E-state index contributed by atoms with van der Waals surface area (Å²) in [5, 5.41) is 0. The van der Waals surface area contributed by atoms with Crippen LogP contribution in [0.15, 0.2) is 0 Å². The molecule has 0 spiro atoms. The standard InChI is InChI=1S/Mg.H2O.O.W.H/h;1H2;;;/q+1;;;;/p-1. The van der Waals surface area contributed by atoms with Gasteiger partial charge in [0, 0.05) is 0 Å². The third-order valence-corrected chi connectivity index (χ3v) is 0. The maximum absolute atomic E-state index is 8.33. The van der Waals surface area contributed by atoms with Crippen LogP contribution in [-0.2, 0) is 23.2 Å². The first-order valence-corrected chi connectivity index (χ1v) is 1.36. The van der Waals surface area contributed by atoms with Gasteiger partial charge in [-0.05, 0) is 0 Å². The summed E-state index contributed by atoms with van der Waals surface area (Å²) in [5.41, 5.74) is 0. The molecule has 0 fully saturated rings. The van der Waals surface area contributed by atoms with Gasteiger partial charge < -0.3 is 5.48 Å². The van der Waals surface area contributed by atoms with Gasteiger partial charge in [0.2, 0.25) is 0 Å². The normalized spacial score (nSPS) is 1.00. The van der Waals surface area contributed by atoms with Crippen LogP contribution >= 0.6 is 0 Å². The molecule has 0 aromatic heterocycles. The molecule has 0 saturated carbocycles. The van der Waals surface area contributed by atoms with Crippen LogP contribution in [0.25, 0.3) is 0 Å². The van der Waals surface area contributed by atoms with Gasteiger partial charge in [-0.25, -0.2) is 0 Å². The second-order valence-electron chi connectivity index (χ2n) is 0. The molecule has 0 atom stereocenters. The summed E-state index contributed by atoms with van der Waals surface area (Å²) in [6, 6.07) is 0. The molecule has 0 aliphatic carbocycles. The van der Waals surface area contributed by atoms with Crippen molar-refractivity contribution in [2.24, 2.45) is 0 Å². The fraction of sp³-hybridized carbons (Fsp3) is 0. The van der Waals surface area contributed by atoms with E-state index in [-0.39, 0.29) is 28.5 Å². The van der Waals surface area contributed by atoms with Crippen molar-refractivity contribution in [1.29, 1.82) is 0 Å². The maximum atomic E-state index is 8.33. The Morgan fingerprint density at radius 3 is 1.25 bits per heavy atom. The van der Waals surface area contributed by atoms with Gasteiger partial charge in [0.1, 0.15) is 0 Å². The first-order valence-electron chi connectivity index (χ1n) is 0.167. The quantitative estimate of drug-likeness (QED) is 0.514. The van der Waals surface area contributed by atoms with E-state index in [9.17, 15) is 0 Å². The van der Waals surface area contributed by atoms with Crippen LogP contribution in [0.1, 0.15) is 0 Å². The fourth-order valence-corrected chi connectivity index (χ4v) is 0.